The highest BCUT2D eigenvalue weighted by atomic mass is 16.2. The first-order chi connectivity index (χ1) is 14.5. The summed E-state index contributed by atoms with van der Waals surface area (Å²) in [5, 5.41) is 10.1. The van der Waals surface area contributed by atoms with E-state index in [1.165, 1.54) is 0 Å². The third-order valence-corrected chi connectivity index (χ3v) is 4.57. The number of fused-ring (bicyclic) bond motifs is 1. The minimum Gasteiger partial charge on any atom is -0.343 e. The van der Waals surface area contributed by atoms with Crippen molar-refractivity contribution in [2.24, 2.45) is 5.92 Å². The van der Waals surface area contributed by atoms with E-state index in [0.29, 0.717) is 11.6 Å². The monoisotopic (exact) mass is 402 g/mol. The summed E-state index contributed by atoms with van der Waals surface area (Å²) in [6.45, 7) is 3.85. The summed E-state index contributed by atoms with van der Waals surface area (Å²) in [5.74, 6) is 0.384. The van der Waals surface area contributed by atoms with Gasteiger partial charge in [-0.2, -0.15) is 5.10 Å². The molecule has 0 saturated carbocycles. The third kappa shape index (κ3) is 4.07. The lowest BCUT2D eigenvalue weighted by atomic mass is 10.2. The number of benzene rings is 2. The fraction of sp³-hybridized carbons (Fsp3) is 0.182. The SMILES string of the molecule is CC(C)C(=O)Nc1cc(C(=O)NCc2nc3ccccc3[nH]2)nn1-c1ccccc1. The summed E-state index contributed by atoms with van der Waals surface area (Å²) in [4.78, 5) is 32.5. The Hall–Kier alpha value is -3.94. The van der Waals surface area contributed by atoms with Gasteiger partial charge in [-0.3, -0.25) is 9.59 Å². The van der Waals surface area contributed by atoms with Gasteiger partial charge in [-0.05, 0) is 24.3 Å². The van der Waals surface area contributed by atoms with Crippen LogP contribution in [0.25, 0.3) is 16.7 Å². The van der Waals surface area contributed by atoms with Crippen molar-refractivity contribution < 1.29 is 9.59 Å². The van der Waals surface area contributed by atoms with Gasteiger partial charge in [-0.25, -0.2) is 9.67 Å². The minimum atomic E-state index is -0.356. The topological polar surface area (TPSA) is 105 Å². The van der Waals surface area contributed by atoms with E-state index < -0.39 is 0 Å². The number of aromatic amines is 1. The number of carbonyl (C=O) groups is 2. The van der Waals surface area contributed by atoms with Gasteiger partial charge in [-0.1, -0.05) is 44.2 Å². The Morgan fingerprint density at radius 3 is 2.53 bits per heavy atom. The second-order valence-corrected chi connectivity index (χ2v) is 7.19. The Labute approximate surface area is 173 Å². The zero-order valence-corrected chi connectivity index (χ0v) is 16.7. The summed E-state index contributed by atoms with van der Waals surface area (Å²) in [6.07, 6.45) is 0. The highest BCUT2D eigenvalue weighted by Crippen LogP contribution is 2.18. The molecular weight excluding hydrogens is 380 g/mol. The van der Waals surface area contributed by atoms with Gasteiger partial charge in [0.15, 0.2) is 5.69 Å². The summed E-state index contributed by atoms with van der Waals surface area (Å²) < 4.78 is 1.55. The maximum Gasteiger partial charge on any atom is 0.272 e. The predicted molar refractivity (Wildman–Crippen MR) is 114 cm³/mol. The van der Waals surface area contributed by atoms with Crippen LogP contribution in [-0.2, 0) is 11.3 Å². The number of amides is 2. The molecule has 0 fully saturated rings. The van der Waals surface area contributed by atoms with Crippen LogP contribution in [0.2, 0.25) is 0 Å². The molecule has 2 aromatic heterocycles. The van der Waals surface area contributed by atoms with Gasteiger partial charge in [0.05, 0.1) is 23.3 Å². The van der Waals surface area contributed by atoms with Gasteiger partial charge in [0.2, 0.25) is 5.91 Å². The molecule has 2 heterocycles. The molecule has 0 unspecified atom stereocenters. The van der Waals surface area contributed by atoms with Crippen LogP contribution in [-0.4, -0.2) is 31.6 Å². The van der Waals surface area contributed by atoms with Crippen LogP contribution in [0.4, 0.5) is 5.82 Å². The molecule has 0 bridgehead atoms. The Morgan fingerprint density at radius 2 is 1.80 bits per heavy atom. The molecule has 8 nitrogen and oxygen atoms in total. The van der Waals surface area contributed by atoms with Crippen molar-refractivity contribution >= 4 is 28.7 Å². The smallest absolute Gasteiger partial charge is 0.272 e. The van der Waals surface area contributed by atoms with Crippen molar-refractivity contribution in [1.29, 1.82) is 0 Å². The zero-order chi connectivity index (χ0) is 21.1. The van der Waals surface area contributed by atoms with Crippen LogP contribution < -0.4 is 10.6 Å². The van der Waals surface area contributed by atoms with E-state index >= 15 is 0 Å². The second-order valence-electron chi connectivity index (χ2n) is 7.19. The number of carbonyl (C=O) groups excluding carboxylic acids is 2. The Bertz CT molecular complexity index is 1160. The largest absolute Gasteiger partial charge is 0.343 e. The number of aromatic nitrogens is 4. The fourth-order valence-electron chi connectivity index (χ4n) is 2.96. The lowest BCUT2D eigenvalue weighted by Gasteiger charge is -2.10. The van der Waals surface area contributed by atoms with Gasteiger partial charge in [0.25, 0.3) is 5.91 Å². The first-order valence-corrected chi connectivity index (χ1v) is 9.69. The highest BCUT2D eigenvalue weighted by Gasteiger charge is 2.18. The molecule has 152 valence electrons. The molecule has 2 aromatic carbocycles. The van der Waals surface area contributed by atoms with E-state index in [1.807, 2.05) is 54.6 Å². The molecule has 0 saturated heterocycles. The molecule has 0 aliphatic rings. The number of H-pyrrole nitrogens is 1. The van der Waals surface area contributed by atoms with Crippen LogP contribution in [0.3, 0.4) is 0 Å². The third-order valence-electron chi connectivity index (χ3n) is 4.57. The first kappa shape index (κ1) is 19.4. The van der Waals surface area contributed by atoms with E-state index in [4.69, 9.17) is 0 Å². The van der Waals surface area contributed by atoms with Gasteiger partial charge in [-0.15, -0.1) is 0 Å². The average Bonchev–Trinajstić information content (AvgIpc) is 3.36. The molecule has 0 spiro atoms. The van der Waals surface area contributed by atoms with E-state index in [0.717, 1.165) is 16.7 Å². The van der Waals surface area contributed by atoms with Crippen molar-refractivity contribution in [3.05, 3.63) is 72.2 Å². The number of nitrogens with zero attached hydrogens (tertiary/aromatic N) is 3. The number of hydrogen-bond donors (Lipinski definition) is 3. The molecule has 0 aliphatic heterocycles. The Balaban J connectivity index is 1.55. The molecule has 4 rings (SSSR count). The first-order valence-electron chi connectivity index (χ1n) is 9.69. The number of hydrogen-bond acceptors (Lipinski definition) is 4. The minimum absolute atomic E-state index is 0.152. The fourth-order valence-corrected chi connectivity index (χ4v) is 2.96. The Morgan fingerprint density at radius 1 is 1.07 bits per heavy atom. The van der Waals surface area contributed by atoms with Crippen molar-refractivity contribution in [1.82, 2.24) is 25.1 Å². The maximum absolute atomic E-state index is 12.7. The summed E-state index contributed by atoms with van der Waals surface area (Å²) in [5.41, 5.74) is 2.70. The van der Waals surface area contributed by atoms with E-state index in [1.54, 1.807) is 24.6 Å². The van der Waals surface area contributed by atoms with Crippen molar-refractivity contribution in [2.75, 3.05) is 5.32 Å². The van der Waals surface area contributed by atoms with Gasteiger partial charge >= 0.3 is 0 Å². The molecule has 0 atom stereocenters. The summed E-state index contributed by atoms with van der Waals surface area (Å²) in [7, 11) is 0. The normalized spacial score (nSPS) is 11.0. The van der Waals surface area contributed by atoms with Gasteiger partial charge < -0.3 is 15.6 Å². The van der Waals surface area contributed by atoms with Crippen molar-refractivity contribution in [3.8, 4) is 5.69 Å². The van der Waals surface area contributed by atoms with E-state index in [-0.39, 0.29) is 30.0 Å². The number of rotatable bonds is 6. The highest BCUT2D eigenvalue weighted by molar-refractivity contribution is 5.96. The number of imidazole rings is 1. The molecule has 4 aromatic rings. The number of para-hydroxylation sites is 3. The van der Waals surface area contributed by atoms with Crippen LogP contribution in [0, 0.1) is 5.92 Å². The summed E-state index contributed by atoms with van der Waals surface area (Å²) in [6, 6.07) is 18.6. The zero-order valence-electron chi connectivity index (χ0n) is 16.7. The van der Waals surface area contributed by atoms with Crippen molar-refractivity contribution in [2.45, 2.75) is 20.4 Å². The van der Waals surface area contributed by atoms with Crippen molar-refractivity contribution in [3.63, 3.8) is 0 Å². The average molecular weight is 402 g/mol. The predicted octanol–water partition coefficient (Wildman–Crippen LogP) is 3.27. The molecule has 0 radical (unpaired) electrons. The second kappa shape index (κ2) is 8.20. The maximum atomic E-state index is 12.7. The van der Waals surface area contributed by atoms with Crippen LogP contribution in [0.5, 0.6) is 0 Å². The molecule has 3 N–H and O–H groups in total. The molecule has 0 aliphatic carbocycles. The van der Waals surface area contributed by atoms with Crippen LogP contribution in [0.15, 0.2) is 60.7 Å². The van der Waals surface area contributed by atoms with E-state index in [2.05, 4.69) is 25.7 Å². The lowest BCUT2D eigenvalue weighted by Crippen LogP contribution is -2.24. The standard InChI is InChI=1S/C22H22N6O2/c1-14(2)21(29)26-20-12-18(27-28(20)15-8-4-3-5-9-15)22(30)23-13-19-24-16-10-6-7-11-17(16)25-19/h3-12,14H,13H2,1-2H3,(H,23,30)(H,24,25)(H,26,29). The van der Waals surface area contributed by atoms with E-state index in [9.17, 15) is 9.59 Å². The molecular formula is C22H22N6O2. The van der Waals surface area contributed by atoms with Crippen LogP contribution in [0.1, 0.15) is 30.2 Å². The summed E-state index contributed by atoms with van der Waals surface area (Å²) >= 11 is 0. The molecule has 30 heavy (non-hydrogen) atoms. The molecule has 8 heteroatoms. The van der Waals surface area contributed by atoms with Gasteiger partial charge in [0.1, 0.15) is 11.6 Å². The lowest BCUT2D eigenvalue weighted by molar-refractivity contribution is -0.118. The Kier molecular flexibility index (Phi) is 5.30. The van der Waals surface area contributed by atoms with Crippen LogP contribution >= 0.6 is 0 Å². The number of nitrogens with one attached hydrogen (secondary N) is 3. The molecule has 2 amide bonds. The quantitative estimate of drug-likeness (QED) is 0.460. The van der Waals surface area contributed by atoms with Gasteiger partial charge in [0, 0.05) is 12.0 Å². The number of anilines is 1.